The predicted octanol–water partition coefficient (Wildman–Crippen LogP) is 5.30. The lowest BCUT2D eigenvalue weighted by atomic mass is 9.94. The molecule has 0 aliphatic rings. The zero-order valence-electron chi connectivity index (χ0n) is 10.7. The van der Waals surface area contributed by atoms with Gasteiger partial charge in [0.2, 0.25) is 0 Å². The molecule has 3 aromatic rings. The van der Waals surface area contributed by atoms with E-state index in [1.165, 1.54) is 10.8 Å². The van der Waals surface area contributed by atoms with Crippen LogP contribution in [0.4, 0.5) is 0 Å². The predicted molar refractivity (Wildman–Crippen MR) is 89.1 cm³/mol. The van der Waals surface area contributed by atoms with Gasteiger partial charge in [-0.25, -0.2) is 0 Å². The van der Waals surface area contributed by atoms with Crippen molar-refractivity contribution in [1.29, 1.82) is 0 Å². The number of rotatable bonds is 2. The van der Waals surface area contributed by atoms with Crippen LogP contribution in [0.3, 0.4) is 0 Å². The van der Waals surface area contributed by atoms with Crippen LogP contribution in [0.2, 0.25) is 5.02 Å². The lowest BCUT2D eigenvalue weighted by Crippen LogP contribution is -2.12. The highest BCUT2D eigenvalue weighted by atomic mass is 79.9. The lowest BCUT2D eigenvalue weighted by molar-refractivity contribution is 0.880. The molecule has 3 rings (SSSR count). The largest absolute Gasteiger partial charge is 0.320 e. The van der Waals surface area contributed by atoms with Gasteiger partial charge in [-0.3, -0.25) is 0 Å². The summed E-state index contributed by atoms with van der Waals surface area (Å²) in [4.78, 5) is 0. The van der Waals surface area contributed by atoms with Gasteiger partial charge < -0.3 is 5.73 Å². The summed E-state index contributed by atoms with van der Waals surface area (Å²) in [5, 5.41) is 3.04. The average Bonchev–Trinajstić information content (AvgIpc) is 2.46. The summed E-state index contributed by atoms with van der Waals surface area (Å²) < 4.78 is 0.955. The smallest absolute Gasteiger partial charge is 0.0572 e. The highest BCUT2D eigenvalue weighted by molar-refractivity contribution is 9.10. The fourth-order valence-corrected chi connectivity index (χ4v) is 3.23. The Hall–Kier alpha value is -1.35. The molecule has 3 heteroatoms. The highest BCUT2D eigenvalue weighted by Gasteiger charge is 2.15. The van der Waals surface area contributed by atoms with Gasteiger partial charge in [-0.15, -0.1) is 0 Å². The minimum atomic E-state index is -0.235. The fraction of sp³-hybridized carbons (Fsp3) is 0.0588. The zero-order chi connectivity index (χ0) is 14.1. The van der Waals surface area contributed by atoms with Crippen LogP contribution in [0.15, 0.2) is 65.1 Å². The summed E-state index contributed by atoms with van der Waals surface area (Å²) in [5.74, 6) is 0. The molecule has 0 bridgehead atoms. The normalized spacial score (nSPS) is 12.6. The molecule has 100 valence electrons. The molecule has 20 heavy (non-hydrogen) atoms. The lowest BCUT2D eigenvalue weighted by Gasteiger charge is -2.16. The van der Waals surface area contributed by atoms with E-state index in [0.717, 1.165) is 15.6 Å². The molecule has 0 saturated heterocycles. The van der Waals surface area contributed by atoms with Crippen LogP contribution in [0.1, 0.15) is 17.2 Å². The molecule has 0 heterocycles. The van der Waals surface area contributed by atoms with E-state index in [9.17, 15) is 0 Å². The molecule has 3 aromatic carbocycles. The third-order valence-electron chi connectivity index (χ3n) is 3.46. The summed E-state index contributed by atoms with van der Waals surface area (Å²) in [6.07, 6.45) is 0. The van der Waals surface area contributed by atoms with Gasteiger partial charge in [-0.1, -0.05) is 76.1 Å². The van der Waals surface area contributed by atoms with Gasteiger partial charge in [0, 0.05) is 9.50 Å². The maximum Gasteiger partial charge on any atom is 0.0572 e. The molecule has 1 unspecified atom stereocenters. The van der Waals surface area contributed by atoms with Crippen molar-refractivity contribution in [3.05, 3.63) is 81.3 Å². The summed E-state index contributed by atoms with van der Waals surface area (Å²) in [6.45, 7) is 0. The van der Waals surface area contributed by atoms with Crippen molar-refractivity contribution >= 4 is 38.3 Å². The molecule has 0 saturated carbocycles. The van der Waals surface area contributed by atoms with Gasteiger partial charge in [-0.05, 0) is 34.0 Å². The van der Waals surface area contributed by atoms with Crippen LogP contribution >= 0.6 is 27.5 Å². The van der Waals surface area contributed by atoms with E-state index in [-0.39, 0.29) is 6.04 Å². The second-order valence-electron chi connectivity index (χ2n) is 4.71. The second kappa shape index (κ2) is 5.57. The third kappa shape index (κ3) is 2.47. The van der Waals surface area contributed by atoms with Crippen LogP contribution < -0.4 is 5.73 Å². The van der Waals surface area contributed by atoms with E-state index in [1.807, 2.05) is 36.4 Å². The molecule has 0 aliphatic heterocycles. The van der Waals surface area contributed by atoms with Crippen molar-refractivity contribution in [3.8, 4) is 0 Å². The summed E-state index contributed by atoms with van der Waals surface area (Å²) >= 11 is 9.73. The Morgan fingerprint density at radius 1 is 0.900 bits per heavy atom. The molecule has 0 radical (unpaired) electrons. The molecule has 0 aliphatic carbocycles. The third-order valence-corrected chi connectivity index (χ3v) is 4.28. The van der Waals surface area contributed by atoms with Gasteiger partial charge in [0.1, 0.15) is 0 Å². The molecule has 1 atom stereocenters. The van der Waals surface area contributed by atoms with Crippen molar-refractivity contribution in [3.63, 3.8) is 0 Å². The Labute approximate surface area is 131 Å². The monoisotopic (exact) mass is 345 g/mol. The van der Waals surface area contributed by atoms with E-state index >= 15 is 0 Å². The van der Waals surface area contributed by atoms with E-state index in [0.29, 0.717) is 5.02 Å². The molecule has 0 spiro atoms. The minimum Gasteiger partial charge on any atom is -0.320 e. The standard InChI is InChI=1S/C17H13BrClN/c18-12-8-9-15(16(19)10-12)17(20)14-7-3-5-11-4-1-2-6-13(11)14/h1-10,17H,20H2. The molecular weight excluding hydrogens is 334 g/mol. The van der Waals surface area contributed by atoms with Crippen LogP contribution in [0, 0.1) is 0 Å². The average molecular weight is 347 g/mol. The van der Waals surface area contributed by atoms with Gasteiger partial charge in [0.25, 0.3) is 0 Å². The first-order valence-corrected chi connectivity index (χ1v) is 7.52. The summed E-state index contributed by atoms with van der Waals surface area (Å²) in [6, 6.07) is 20.0. The Morgan fingerprint density at radius 2 is 1.65 bits per heavy atom. The van der Waals surface area contributed by atoms with Crippen LogP contribution in [0.25, 0.3) is 10.8 Å². The number of fused-ring (bicyclic) bond motifs is 1. The molecule has 2 N–H and O–H groups in total. The van der Waals surface area contributed by atoms with Gasteiger partial charge >= 0.3 is 0 Å². The first-order valence-electron chi connectivity index (χ1n) is 6.35. The Morgan fingerprint density at radius 3 is 2.45 bits per heavy atom. The van der Waals surface area contributed by atoms with E-state index < -0.39 is 0 Å². The number of benzene rings is 3. The highest BCUT2D eigenvalue weighted by Crippen LogP contribution is 2.32. The molecule has 0 amide bonds. The van der Waals surface area contributed by atoms with Gasteiger partial charge in [0.15, 0.2) is 0 Å². The van der Waals surface area contributed by atoms with E-state index in [2.05, 4.69) is 40.2 Å². The number of halogens is 2. The van der Waals surface area contributed by atoms with Crippen molar-refractivity contribution in [2.45, 2.75) is 6.04 Å². The topological polar surface area (TPSA) is 26.0 Å². The molecule has 1 nitrogen and oxygen atoms in total. The van der Waals surface area contributed by atoms with Gasteiger partial charge in [0.05, 0.1) is 6.04 Å². The first-order chi connectivity index (χ1) is 9.66. The first kappa shape index (κ1) is 13.6. The second-order valence-corrected chi connectivity index (χ2v) is 6.03. The Kier molecular flexibility index (Phi) is 3.79. The quantitative estimate of drug-likeness (QED) is 0.669. The van der Waals surface area contributed by atoms with Crippen LogP contribution in [0.5, 0.6) is 0 Å². The molecular formula is C17H13BrClN. The molecule has 0 aromatic heterocycles. The fourth-order valence-electron chi connectivity index (χ4n) is 2.44. The molecule has 0 fully saturated rings. The van der Waals surface area contributed by atoms with Crippen molar-refractivity contribution in [2.24, 2.45) is 5.73 Å². The van der Waals surface area contributed by atoms with Crippen LogP contribution in [-0.2, 0) is 0 Å². The minimum absolute atomic E-state index is 0.235. The number of hydrogen-bond donors (Lipinski definition) is 1. The Balaban J connectivity index is 2.15. The Bertz CT molecular complexity index is 765. The van der Waals surface area contributed by atoms with Crippen molar-refractivity contribution in [1.82, 2.24) is 0 Å². The van der Waals surface area contributed by atoms with E-state index in [4.69, 9.17) is 17.3 Å². The van der Waals surface area contributed by atoms with Crippen molar-refractivity contribution < 1.29 is 0 Å². The van der Waals surface area contributed by atoms with Crippen molar-refractivity contribution in [2.75, 3.05) is 0 Å². The maximum absolute atomic E-state index is 6.43. The van der Waals surface area contributed by atoms with E-state index in [1.54, 1.807) is 0 Å². The number of hydrogen-bond acceptors (Lipinski definition) is 1. The van der Waals surface area contributed by atoms with Crippen LogP contribution in [-0.4, -0.2) is 0 Å². The summed E-state index contributed by atoms with van der Waals surface area (Å²) in [5.41, 5.74) is 8.46. The maximum atomic E-state index is 6.43. The summed E-state index contributed by atoms with van der Waals surface area (Å²) in [7, 11) is 0. The van der Waals surface area contributed by atoms with Gasteiger partial charge in [-0.2, -0.15) is 0 Å². The number of nitrogens with two attached hydrogens (primary N) is 1. The zero-order valence-corrected chi connectivity index (χ0v) is 13.0. The SMILES string of the molecule is NC(c1ccc(Br)cc1Cl)c1cccc2ccccc12.